The van der Waals surface area contributed by atoms with Crippen LogP contribution in [-0.4, -0.2) is 14.3 Å². The van der Waals surface area contributed by atoms with E-state index in [9.17, 15) is 4.79 Å². The Labute approximate surface area is 93.8 Å². The lowest BCUT2D eigenvalue weighted by atomic mass is 10.2. The molecular weight excluding hydrogens is 204 g/mol. The molecule has 1 rings (SSSR count). The summed E-state index contributed by atoms with van der Waals surface area (Å²) in [6.07, 6.45) is 9.37. The minimum Gasteiger partial charge on any atom is -0.516 e. The van der Waals surface area contributed by atoms with Crippen molar-refractivity contribution >= 4 is 14.3 Å². The first kappa shape index (κ1) is 12.5. The summed E-state index contributed by atoms with van der Waals surface area (Å²) in [7, 11) is -1.62. The molecule has 1 fully saturated rings. The zero-order valence-electron chi connectivity index (χ0n) is 9.92. The van der Waals surface area contributed by atoms with Crippen LogP contribution in [0.2, 0.25) is 18.6 Å². The second-order valence-corrected chi connectivity index (χ2v) is 8.73. The number of carbonyl (C=O) groups excluding carboxylic acids is 1. The number of carbonyl (C=O) groups is 1. The van der Waals surface area contributed by atoms with Crippen LogP contribution < -0.4 is 0 Å². The van der Waals surface area contributed by atoms with Crippen LogP contribution in [0, 0.1) is 0 Å². The molecule has 1 aliphatic heterocycles. The van der Waals surface area contributed by atoms with Crippen molar-refractivity contribution in [1.82, 2.24) is 0 Å². The van der Waals surface area contributed by atoms with E-state index in [1.165, 1.54) is 19.3 Å². The van der Waals surface area contributed by atoms with E-state index >= 15 is 0 Å². The van der Waals surface area contributed by atoms with Crippen LogP contribution in [-0.2, 0) is 9.22 Å². The van der Waals surface area contributed by atoms with Crippen LogP contribution in [0.15, 0.2) is 12.2 Å². The first-order chi connectivity index (χ1) is 7.16. The van der Waals surface area contributed by atoms with E-state index in [0.717, 1.165) is 24.9 Å². The molecule has 0 aromatic carbocycles. The highest BCUT2D eigenvalue weighted by molar-refractivity contribution is 6.74. The highest BCUT2D eigenvalue weighted by Gasteiger charge is 2.35. The average molecular weight is 226 g/mol. The van der Waals surface area contributed by atoms with Gasteiger partial charge < -0.3 is 4.43 Å². The summed E-state index contributed by atoms with van der Waals surface area (Å²) in [5, 5.41) is 0. The summed E-state index contributed by atoms with van der Waals surface area (Å²) in [6.45, 7) is 4.33. The van der Waals surface area contributed by atoms with Gasteiger partial charge in [0.05, 0.1) is 0 Å². The molecule has 0 amide bonds. The first-order valence-corrected chi connectivity index (χ1v) is 8.88. The molecule has 0 aromatic rings. The summed E-state index contributed by atoms with van der Waals surface area (Å²) in [4.78, 5) is 11.5. The average Bonchev–Trinajstić information content (AvgIpc) is 2.59. The van der Waals surface area contributed by atoms with Gasteiger partial charge >= 0.3 is 5.97 Å². The van der Waals surface area contributed by atoms with Crippen molar-refractivity contribution < 1.29 is 9.22 Å². The standard InChI is InChI=1S/C12H22O2Si/c1-3-4-5-6-9-12(13)14-15(2)10-7-8-11-15/h6,9H,3-5,7-8,10-11H2,1-2H3/b9-6+. The zero-order chi connectivity index (χ0) is 11.1. The minimum atomic E-state index is -1.62. The maximum atomic E-state index is 11.5. The highest BCUT2D eigenvalue weighted by atomic mass is 28.4. The highest BCUT2D eigenvalue weighted by Crippen LogP contribution is 2.30. The van der Waals surface area contributed by atoms with Gasteiger partial charge in [-0.05, 0) is 25.1 Å². The van der Waals surface area contributed by atoms with Crippen LogP contribution in [0.4, 0.5) is 0 Å². The normalized spacial score (nSPS) is 19.6. The number of hydrogen-bond acceptors (Lipinski definition) is 2. The molecule has 1 aliphatic rings. The number of hydrogen-bond donors (Lipinski definition) is 0. The maximum Gasteiger partial charge on any atom is 0.317 e. The van der Waals surface area contributed by atoms with Crippen LogP contribution in [0.3, 0.4) is 0 Å². The molecule has 0 aromatic heterocycles. The molecule has 0 aliphatic carbocycles. The quantitative estimate of drug-likeness (QED) is 0.406. The maximum absolute atomic E-state index is 11.5. The number of allylic oxidation sites excluding steroid dienone is 1. The van der Waals surface area contributed by atoms with Crippen molar-refractivity contribution in [1.29, 1.82) is 0 Å². The fourth-order valence-corrected chi connectivity index (χ4v) is 5.01. The smallest absolute Gasteiger partial charge is 0.317 e. The Morgan fingerprint density at radius 2 is 2.07 bits per heavy atom. The molecule has 2 nitrogen and oxygen atoms in total. The van der Waals surface area contributed by atoms with Crippen LogP contribution in [0.5, 0.6) is 0 Å². The SMILES string of the molecule is CCCC/C=C/C(=O)O[Si]1(C)CCCC1. The zero-order valence-corrected chi connectivity index (χ0v) is 10.9. The molecule has 0 atom stereocenters. The fourth-order valence-electron chi connectivity index (χ4n) is 2.00. The summed E-state index contributed by atoms with van der Waals surface area (Å²) in [5.41, 5.74) is 0. The van der Waals surface area contributed by atoms with E-state index in [2.05, 4.69) is 13.5 Å². The molecule has 0 saturated carbocycles. The van der Waals surface area contributed by atoms with Gasteiger partial charge in [-0.15, -0.1) is 0 Å². The molecule has 0 N–H and O–H groups in total. The van der Waals surface area contributed by atoms with Crippen molar-refractivity contribution in [3.8, 4) is 0 Å². The third-order valence-electron chi connectivity index (χ3n) is 2.99. The Hall–Kier alpha value is -0.573. The molecule has 0 unspecified atom stereocenters. The van der Waals surface area contributed by atoms with E-state index in [1.807, 2.05) is 6.08 Å². The molecule has 86 valence electrons. The Morgan fingerprint density at radius 1 is 1.40 bits per heavy atom. The van der Waals surface area contributed by atoms with Gasteiger partial charge in [0.15, 0.2) is 0 Å². The summed E-state index contributed by atoms with van der Waals surface area (Å²) >= 11 is 0. The van der Waals surface area contributed by atoms with Gasteiger partial charge in [0.25, 0.3) is 8.32 Å². The lowest BCUT2D eigenvalue weighted by Crippen LogP contribution is -2.32. The summed E-state index contributed by atoms with van der Waals surface area (Å²) in [6, 6.07) is 2.31. The van der Waals surface area contributed by atoms with Crippen LogP contribution in [0.25, 0.3) is 0 Å². The molecule has 3 heteroatoms. The van der Waals surface area contributed by atoms with Gasteiger partial charge in [0.1, 0.15) is 0 Å². The number of unbranched alkanes of at least 4 members (excludes halogenated alkanes) is 2. The fraction of sp³-hybridized carbons (Fsp3) is 0.750. The van der Waals surface area contributed by atoms with Crippen molar-refractivity contribution in [2.75, 3.05) is 0 Å². The lowest BCUT2D eigenvalue weighted by molar-refractivity contribution is -0.129. The van der Waals surface area contributed by atoms with Crippen molar-refractivity contribution in [2.45, 2.75) is 57.7 Å². The van der Waals surface area contributed by atoms with Crippen LogP contribution >= 0.6 is 0 Å². The van der Waals surface area contributed by atoms with E-state index in [1.54, 1.807) is 6.08 Å². The molecule has 0 bridgehead atoms. The topological polar surface area (TPSA) is 26.3 Å². The van der Waals surface area contributed by atoms with Gasteiger partial charge in [-0.3, -0.25) is 0 Å². The minimum absolute atomic E-state index is 0.109. The third kappa shape index (κ3) is 4.65. The molecular formula is C12H22O2Si. The van der Waals surface area contributed by atoms with Crippen LogP contribution in [0.1, 0.15) is 39.0 Å². The Balaban J connectivity index is 2.25. The molecule has 0 radical (unpaired) electrons. The van der Waals surface area contributed by atoms with E-state index < -0.39 is 8.32 Å². The third-order valence-corrected chi connectivity index (χ3v) is 6.50. The Kier molecular flexibility index (Phi) is 5.09. The van der Waals surface area contributed by atoms with Gasteiger partial charge in [-0.2, -0.15) is 0 Å². The Morgan fingerprint density at radius 3 is 2.67 bits per heavy atom. The van der Waals surface area contributed by atoms with Gasteiger partial charge in [0, 0.05) is 6.08 Å². The molecule has 1 heterocycles. The van der Waals surface area contributed by atoms with E-state index in [4.69, 9.17) is 4.43 Å². The first-order valence-electron chi connectivity index (χ1n) is 6.06. The second-order valence-electron chi connectivity index (χ2n) is 4.62. The van der Waals surface area contributed by atoms with E-state index in [-0.39, 0.29) is 5.97 Å². The largest absolute Gasteiger partial charge is 0.516 e. The van der Waals surface area contributed by atoms with Gasteiger partial charge in [-0.25, -0.2) is 4.79 Å². The second kappa shape index (κ2) is 6.11. The lowest BCUT2D eigenvalue weighted by Gasteiger charge is -2.20. The molecule has 1 saturated heterocycles. The van der Waals surface area contributed by atoms with Gasteiger partial charge in [-0.1, -0.05) is 38.7 Å². The molecule has 15 heavy (non-hydrogen) atoms. The predicted molar refractivity (Wildman–Crippen MR) is 65.2 cm³/mol. The van der Waals surface area contributed by atoms with Crippen molar-refractivity contribution in [3.05, 3.63) is 12.2 Å². The Bertz CT molecular complexity index is 230. The van der Waals surface area contributed by atoms with Gasteiger partial charge in [0.2, 0.25) is 0 Å². The number of rotatable bonds is 5. The van der Waals surface area contributed by atoms with E-state index in [0.29, 0.717) is 0 Å². The predicted octanol–water partition coefficient (Wildman–Crippen LogP) is 3.65. The van der Waals surface area contributed by atoms with Crippen molar-refractivity contribution in [3.63, 3.8) is 0 Å². The monoisotopic (exact) mass is 226 g/mol. The summed E-state index contributed by atoms with van der Waals surface area (Å²) < 4.78 is 5.59. The summed E-state index contributed by atoms with van der Waals surface area (Å²) in [5.74, 6) is -0.109. The van der Waals surface area contributed by atoms with Crippen molar-refractivity contribution in [2.24, 2.45) is 0 Å². The molecule has 0 spiro atoms.